The molecule has 1 amide bonds. The van der Waals surface area contributed by atoms with Gasteiger partial charge in [-0.25, -0.2) is 9.78 Å². The maximum Gasteiger partial charge on any atom is 0.415 e. The number of esters is 1. The van der Waals surface area contributed by atoms with E-state index in [1.807, 2.05) is 0 Å². The molecule has 0 fully saturated rings. The van der Waals surface area contributed by atoms with Crippen molar-refractivity contribution in [2.45, 2.75) is 26.6 Å². The lowest BCUT2D eigenvalue weighted by Gasteiger charge is -2.20. The zero-order valence-electron chi connectivity index (χ0n) is 13.7. The van der Waals surface area contributed by atoms with Crippen LogP contribution in [0.5, 0.6) is 0 Å². The molecule has 0 unspecified atom stereocenters. The van der Waals surface area contributed by atoms with Gasteiger partial charge in [0.1, 0.15) is 12.4 Å². The molecule has 0 aliphatic carbocycles. The summed E-state index contributed by atoms with van der Waals surface area (Å²) >= 11 is 0. The Bertz CT molecular complexity index is 523. The molecule has 1 aromatic heterocycles. The van der Waals surface area contributed by atoms with E-state index in [-0.39, 0.29) is 25.2 Å². The molecule has 22 heavy (non-hydrogen) atoms. The standard InChI is InChI=1S/C14H22BN3O4/c1-10(2)22-14(20)18(4)13-11(6-5-7-16-13)9-21-12(19)8-17(3)15/h5-7,10H,8-9,15H2,1-4H3. The third-order valence-electron chi connectivity index (χ3n) is 2.63. The van der Waals surface area contributed by atoms with E-state index in [0.717, 1.165) is 0 Å². The first kappa shape index (κ1) is 18.0. The van der Waals surface area contributed by atoms with Gasteiger partial charge in [-0.1, -0.05) is 6.07 Å². The monoisotopic (exact) mass is 307 g/mol. The zero-order valence-corrected chi connectivity index (χ0v) is 13.7. The van der Waals surface area contributed by atoms with Crippen LogP contribution in [0.3, 0.4) is 0 Å². The van der Waals surface area contributed by atoms with Gasteiger partial charge in [-0.2, -0.15) is 0 Å². The molecule has 0 N–H and O–H groups in total. The van der Waals surface area contributed by atoms with Crippen LogP contribution in [0.1, 0.15) is 19.4 Å². The molecule has 8 heteroatoms. The highest BCUT2D eigenvalue weighted by molar-refractivity contribution is 6.05. The predicted molar refractivity (Wildman–Crippen MR) is 85.2 cm³/mol. The molecule has 0 atom stereocenters. The third kappa shape index (κ3) is 5.73. The Morgan fingerprint density at radius 2 is 2.05 bits per heavy atom. The summed E-state index contributed by atoms with van der Waals surface area (Å²) in [6.45, 7) is 3.79. The molecular weight excluding hydrogens is 285 g/mol. The van der Waals surface area contributed by atoms with Crippen LogP contribution in [0, 0.1) is 0 Å². The topological polar surface area (TPSA) is 72.0 Å². The Kier molecular flexibility index (Phi) is 6.84. The van der Waals surface area contributed by atoms with Crippen LogP contribution in [-0.2, 0) is 20.9 Å². The molecule has 0 aromatic carbocycles. The summed E-state index contributed by atoms with van der Waals surface area (Å²) in [5, 5.41) is 0. The van der Waals surface area contributed by atoms with Gasteiger partial charge < -0.3 is 14.3 Å². The Morgan fingerprint density at radius 3 is 2.64 bits per heavy atom. The number of hydrogen-bond donors (Lipinski definition) is 0. The summed E-state index contributed by atoms with van der Waals surface area (Å²) in [6.07, 6.45) is 0.842. The molecule has 0 bridgehead atoms. The van der Waals surface area contributed by atoms with E-state index >= 15 is 0 Å². The van der Waals surface area contributed by atoms with Crippen molar-refractivity contribution < 1.29 is 19.1 Å². The Balaban J connectivity index is 2.77. The van der Waals surface area contributed by atoms with Crippen LogP contribution in [0.4, 0.5) is 10.6 Å². The lowest BCUT2D eigenvalue weighted by Crippen LogP contribution is -2.31. The average molecular weight is 307 g/mol. The molecule has 120 valence electrons. The third-order valence-corrected chi connectivity index (χ3v) is 2.63. The first-order valence-electron chi connectivity index (χ1n) is 6.99. The van der Waals surface area contributed by atoms with Gasteiger partial charge in [0.25, 0.3) is 0 Å². The SMILES string of the molecule is BN(C)CC(=O)OCc1cccnc1N(C)C(=O)OC(C)C. The minimum absolute atomic E-state index is 0.0507. The van der Waals surface area contributed by atoms with Gasteiger partial charge in [-0.15, -0.1) is 0 Å². The van der Waals surface area contributed by atoms with E-state index in [1.165, 1.54) is 4.90 Å². The van der Waals surface area contributed by atoms with Crippen LogP contribution >= 0.6 is 0 Å². The molecule has 0 saturated heterocycles. The lowest BCUT2D eigenvalue weighted by atomic mass is 10.2. The van der Waals surface area contributed by atoms with Gasteiger partial charge in [0.05, 0.1) is 12.6 Å². The van der Waals surface area contributed by atoms with E-state index in [1.54, 1.807) is 59.1 Å². The van der Waals surface area contributed by atoms with Gasteiger partial charge in [0.2, 0.25) is 0 Å². The molecule has 0 radical (unpaired) electrons. The maximum atomic E-state index is 11.9. The molecule has 1 heterocycles. The Morgan fingerprint density at radius 1 is 1.36 bits per heavy atom. The van der Waals surface area contributed by atoms with Crippen molar-refractivity contribution in [3.05, 3.63) is 23.9 Å². The van der Waals surface area contributed by atoms with Crippen molar-refractivity contribution in [1.29, 1.82) is 0 Å². The highest BCUT2D eigenvalue weighted by Gasteiger charge is 2.18. The molecule has 0 aliphatic heterocycles. The molecule has 0 spiro atoms. The number of amides is 1. The number of nitrogens with zero attached hydrogens (tertiary/aromatic N) is 3. The van der Waals surface area contributed by atoms with Crippen molar-refractivity contribution in [3.63, 3.8) is 0 Å². The second-order valence-corrected chi connectivity index (χ2v) is 5.38. The number of carbonyl (C=O) groups excluding carboxylic acids is 2. The fourth-order valence-electron chi connectivity index (χ4n) is 1.67. The zero-order chi connectivity index (χ0) is 16.7. The minimum atomic E-state index is -0.505. The number of pyridine rings is 1. The largest absolute Gasteiger partial charge is 0.460 e. The van der Waals surface area contributed by atoms with E-state index < -0.39 is 6.09 Å². The normalized spacial score (nSPS) is 10.6. The number of aromatic nitrogens is 1. The highest BCUT2D eigenvalue weighted by Crippen LogP contribution is 2.18. The van der Waals surface area contributed by atoms with Crippen LogP contribution in [0.15, 0.2) is 18.3 Å². The van der Waals surface area contributed by atoms with Crippen LogP contribution in [0.2, 0.25) is 0 Å². The second-order valence-electron chi connectivity index (χ2n) is 5.38. The van der Waals surface area contributed by atoms with Gasteiger partial charge in [-0.05, 0) is 27.0 Å². The number of carbonyl (C=O) groups is 2. The van der Waals surface area contributed by atoms with Crippen molar-refractivity contribution in [2.24, 2.45) is 0 Å². The highest BCUT2D eigenvalue weighted by atomic mass is 16.6. The number of likely N-dealkylation sites (N-methyl/N-ethyl adjacent to an activating group) is 1. The van der Waals surface area contributed by atoms with Gasteiger partial charge in [-0.3, -0.25) is 9.69 Å². The average Bonchev–Trinajstić information content (AvgIpc) is 2.43. The Labute approximate surface area is 131 Å². The van der Waals surface area contributed by atoms with Crippen LogP contribution in [0.25, 0.3) is 0 Å². The molecule has 1 aromatic rings. The molecular formula is C14H22BN3O4. The maximum absolute atomic E-state index is 11.9. The quantitative estimate of drug-likeness (QED) is 0.566. The number of hydrogen-bond acceptors (Lipinski definition) is 6. The molecule has 1 rings (SSSR count). The number of rotatable bonds is 6. The van der Waals surface area contributed by atoms with Crippen molar-refractivity contribution >= 4 is 25.9 Å². The van der Waals surface area contributed by atoms with Crippen LogP contribution in [-0.4, -0.2) is 56.6 Å². The summed E-state index contributed by atoms with van der Waals surface area (Å²) in [5.74, 6) is 0.0676. The number of ether oxygens (including phenoxy) is 2. The summed E-state index contributed by atoms with van der Waals surface area (Å²) in [5.41, 5.74) is 0.637. The fraction of sp³-hybridized carbons (Fsp3) is 0.500. The van der Waals surface area contributed by atoms with Crippen molar-refractivity contribution in [1.82, 2.24) is 9.79 Å². The first-order chi connectivity index (χ1) is 10.3. The van der Waals surface area contributed by atoms with Gasteiger partial charge in [0.15, 0.2) is 7.98 Å². The van der Waals surface area contributed by atoms with E-state index in [0.29, 0.717) is 11.4 Å². The summed E-state index contributed by atoms with van der Waals surface area (Å²) in [7, 11) is 5.14. The smallest absolute Gasteiger partial charge is 0.415 e. The predicted octanol–water partition coefficient (Wildman–Crippen LogP) is 0.586. The summed E-state index contributed by atoms with van der Waals surface area (Å²) < 4.78 is 10.3. The summed E-state index contributed by atoms with van der Waals surface area (Å²) in [6, 6.07) is 3.48. The minimum Gasteiger partial charge on any atom is -0.460 e. The molecule has 7 nitrogen and oxygen atoms in total. The molecule has 0 saturated carbocycles. The lowest BCUT2D eigenvalue weighted by molar-refractivity contribution is -0.144. The first-order valence-corrected chi connectivity index (χ1v) is 6.99. The van der Waals surface area contributed by atoms with Crippen molar-refractivity contribution in [3.8, 4) is 0 Å². The van der Waals surface area contributed by atoms with E-state index in [4.69, 9.17) is 9.47 Å². The second kappa shape index (κ2) is 8.38. The Hall–Kier alpha value is -2.09. The summed E-state index contributed by atoms with van der Waals surface area (Å²) in [4.78, 5) is 30.7. The van der Waals surface area contributed by atoms with Crippen molar-refractivity contribution in [2.75, 3.05) is 25.5 Å². The van der Waals surface area contributed by atoms with Gasteiger partial charge >= 0.3 is 12.1 Å². The number of anilines is 1. The molecule has 0 aliphatic rings. The van der Waals surface area contributed by atoms with Gasteiger partial charge in [0, 0.05) is 18.8 Å². The van der Waals surface area contributed by atoms with E-state index in [9.17, 15) is 9.59 Å². The fourth-order valence-corrected chi connectivity index (χ4v) is 1.67. The van der Waals surface area contributed by atoms with E-state index in [2.05, 4.69) is 4.98 Å². The van der Waals surface area contributed by atoms with Crippen LogP contribution < -0.4 is 4.90 Å².